The first-order chi connectivity index (χ1) is 10.7. The molecule has 6 heteroatoms. The fourth-order valence-corrected chi connectivity index (χ4v) is 3.40. The summed E-state index contributed by atoms with van der Waals surface area (Å²) in [6.45, 7) is 2.23. The summed E-state index contributed by atoms with van der Waals surface area (Å²) < 4.78 is 2.08. The lowest BCUT2D eigenvalue weighted by molar-refractivity contribution is -0.129. The van der Waals surface area contributed by atoms with Crippen molar-refractivity contribution in [2.75, 3.05) is 13.1 Å². The minimum atomic E-state index is -0.155. The highest BCUT2D eigenvalue weighted by Crippen LogP contribution is 2.46. The van der Waals surface area contributed by atoms with Gasteiger partial charge in [0.1, 0.15) is 0 Å². The number of aromatic nitrogens is 2. The van der Waals surface area contributed by atoms with Crippen LogP contribution in [0.5, 0.6) is 0 Å². The first kappa shape index (κ1) is 13.8. The van der Waals surface area contributed by atoms with Gasteiger partial charge in [-0.2, -0.15) is 0 Å². The molecule has 1 aromatic heterocycles. The van der Waals surface area contributed by atoms with Crippen molar-refractivity contribution >= 4 is 11.8 Å². The van der Waals surface area contributed by atoms with Gasteiger partial charge in [-0.1, -0.05) is 0 Å². The minimum Gasteiger partial charge on any atom is -0.355 e. The summed E-state index contributed by atoms with van der Waals surface area (Å²) >= 11 is 0. The number of likely N-dealkylation sites (tertiary alicyclic amines) is 1. The summed E-state index contributed by atoms with van der Waals surface area (Å²) in [5, 5.41) is 3.09. The van der Waals surface area contributed by atoms with E-state index in [4.69, 9.17) is 0 Å². The number of carbonyl (C=O) groups excluding carboxylic acids is 2. The highest BCUT2D eigenvalue weighted by atomic mass is 16.2. The fourth-order valence-electron chi connectivity index (χ4n) is 3.40. The second kappa shape index (κ2) is 5.11. The molecule has 1 saturated heterocycles. The molecule has 2 amide bonds. The maximum absolute atomic E-state index is 12.3. The van der Waals surface area contributed by atoms with Crippen molar-refractivity contribution in [1.82, 2.24) is 19.8 Å². The van der Waals surface area contributed by atoms with Crippen LogP contribution in [0.2, 0.25) is 0 Å². The predicted molar refractivity (Wildman–Crippen MR) is 79.7 cm³/mol. The van der Waals surface area contributed by atoms with Gasteiger partial charge in [0.05, 0.1) is 12.2 Å². The van der Waals surface area contributed by atoms with E-state index in [-0.39, 0.29) is 23.1 Å². The number of amides is 2. The third-order valence-corrected chi connectivity index (χ3v) is 5.19. The minimum absolute atomic E-state index is 0.0495. The molecule has 3 fully saturated rings. The molecule has 2 heterocycles. The van der Waals surface area contributed by atoms with Gasteiger partial charge in [0, 0.05) is 49.9 Å². The molecule has 0 spiro atoms. The zero-order chi connectivity index (χ0) is 15.2. The smallest absolute Gasteiger partial charge is 0.225 e. The highest BCUT2D eigenvalue weighted by molar-refractivity contribution is 5.89. The van der Waals surface area contributed by atoms with Gasteiger partial charge < -0.3 is 14.8 Å². The molecule has 2 aliphatic carbocycles. The topological polar surface area (TPSA) is 67.2 Å². The van der Waals surface area contributed by atoms with Crippen molar-refractivity contribution in [3.8, 4) is 0 Å². The Morgan fingerprint density at radius 1 is 1.41 bits per heavy atom. The van der Waals surface area contributed by atoms with Crippen molar-refractivity contribution in [2.45, 2.75) is 44.7 Å². The lowest BCUT2D eigenvalue weighted by Gasteiger charge is -2.19. The average molecular weight is 302 g/mol. The lowest BCUT2D eigenvalue weighted by atomic mass is 10.1. The number of hydrogen-bond donors (Lipinski definition) is 1. The Bertz CT molecular complexity index is 575. The molecule has 1 N–H and O–H groups in total. The summed E-state index contributed by atoms with van der Waals surface area (Å²) in [4.78, 5) is 30.2. The van der Waals surface area contributed by atoms with Crippen molar-refractivity contribution in [1.29, 1.82) is 0 Å². The molecule has 4 rings (SSSR count). The van der Waals surface area contributed by atoms with Crippen LogP contribution < -0.4 is 5.32 Å². The molecule has 118 valence electrons. The molecule has 1 aliphatic heterocycles. The normalized spacial score (nSPS) is 26.3. The van der Waals surface area contributed by atoms with Gasteiger partial charge in [0.15, 0.2) is 0 Å². The number of rotatable bonds is 6. The van der Waals surface area contributed by atoms with Gasteiger partial charge in [-0.15, -0.1) is 0 Å². The molecule has 2 saturated carbocycles. The van der Waals surface area contributed by atoms with Crippen molar-refractivity contribution in [3.05, 3.63) is 18.7 Å². The Morgan fingerprint density at radius 3 is 2.86 bits per heavy atom. The van der Waals surface area contributed by atoms with Gasteiger partial charge in [-0.3, -0.25) is 9.59 Å². The first-order valence-corrected chi connectivity index (χ1v) is 8.18. The summed E-state index contributed by atoms with van der Waals surface area (Å²) in [7, 11) is 0. The van der Waals surface area contributed by atoms with Crippen LogP contribution >= 0.6 is 0 Å². The molecule has 3 aliphatic rings. The summed E-state index contributed by atoms with van der Waals surface area (Å²) in [5.74, 6) is 0.0488. The van der Waals surface area contributed by atoms with E-state index in [2.05, 4.69) is 14.9 Å². The molecule has 1 unspecified atom stereocenters. The maximum atomic E-state index is 12.3. The van der Waals surface area contributed by atoms with Crippen LogP contribution in [0, 0.1) is 11.3 Å². The van der Waals surface area contributed by atoms with Crippen molar-refractivity contribution < 1.29 is 9.59 Å². The predicted octanol–water partition coefficient (Wildman–Crippen LogP) is 0.790. The standard InChI is InChI=1S/C16H22N4O2/c21-14-7-12(8-20(14)13-1-2-13)15(22)18-9-16(3-4-16)10-19-6-5-17-11-19/h5-6,11-13H,1-4,7-10H2,(H,18,22). The largest absolute Gasteiger partial charge is 0.355 e. The van der Waals surface area contributed by atoms with E-state index in [1.54, 1.807) is 6.20 Å². The Morgan fingerprint density at radius 2 is 2.23 bits per heavy atom. The number of carbonyl (C=O) groups is 2. The van der Waals surface area contributed by atoms with Crippen molar-refractivity contribution in [3.63, 3.8) is 0 Å². The van der Waals surface area contributed by atoms with E-state index in [0.29, 0.717) is 25.6 Å². The van der Waals surface area contributed by atoms with E-state index in [0.717, 1.165) is 32.2 Å². The molecule has 0 aromatic carbocycles. The maximum Gasteiger partial charge on any atom is 0.225 e. The molecular weight excluding hydrogens is 280 g/mol. The van der Waals surface area contributed by atoms with Gasteiger partial charge in [0.2, 0.25) is 11.8 Å². The van der Waals surface area contributed by atoms with Gasteiger partial charge in [0.25, 0.3) is 0 Å². The van der Waals surface area contributed by atoms with Crippen LogP contribution in [-0.2, 0) is 16.1 Å². The highest BCUT2D eigenvalue weighted by Gasteiger charge is 2.45. The molecule has 0 radical (unpaired) electrons. The third kappa shape index (κ3) is 2.74. The monoisotopic (exact) mass is 302 g/mol. The molecule has 0 bridgehead atoms. The van der Waals surface area contributed by atoms with Crippen molar-refractivity contribution in [2.24, 2.45) is 11.3 Å². The fraction of sp³-hybridized carbons (Fsp3) is 0.688. The van der Waals surface area contributed by atoms with E-state index in [9.17, 15) is 9.59 Å². The van der Waals surface area contributed by atoms with Crippen LogP contribution in [0.3, 0.4) is 0 Å². The van der Waals surface area contributed by atoms with Crippen LogP contribution in [-0.4, -0.2) is 45.4 Å². The molecule has 6 nitrogen and oxygen atoms in total. The zero-order valence-corrected chi connectivity index (χ0v) is 12.7. The summed E-state index contributed by atoms with van der Waals surface area (Å²) in [6, 6.07) is 0.418. The summed E-state index contributed by atoms with van der Waals surface area (Å²) in [6.07, 6.45) is 10.5. The molecule has 1 atom stereocenters. The second-order valence-electron chi connectivity index (χ2n) is 7.13. The number of imidazole rings is 1. The SMILES string of the molecule is O=C(NCC1(Cn2ccnc2)CC1)C1CC(=O)N(C2CC2)C1. The van der Waals surface area contributed by atoms with E-state index in [1.165, 1.54) is 0 Å². The Hall–Kier alpha value is -1.85. The van der Waals surface area contributed by atoms with Gasteiger partial charge in [-0.25, -0.2) is 4.98 Å². The third-order valence-electron chi connectivity index (χ3n) is 5.19. The van der Waals surface area contributed by atoms with Gasteiger partial charge >= 0.3 is 0 Å². The molecule has 1 aromatic rings. The first-order valence-electron chi connectivity index (χ1n) is 8.18. The average Bonchev–Trinajstić information content (AvgIpc) is 3.40. The Kier molecular flexibility index (Phi) is 3.20. The van der Waals surface area contributed by atoms with Crippen LogP contribution in [0.4, 0.5) is 0 Å². The van der Waals surface area contributed by atoms with E-state index in [1.807, 2.05) is 17.4 Å². The quantitative estimate of drug-likeness (QED) is 0.845. The van der Waals surface area contributed by atoms with E-state index < -0.39 is 0 Å². The molecule has 22 heavy (non-hydrogen) atoms. The van der Waals surface area contributed by atoms with Gasteiger partial charge in [-0.05, 0) is 25.7 Å². The Balaban J connectivity index is 1.28. The zero-order valence-electron chi connectivity index (χ0n) is 12.7. The number of nitrogens with zero attached hydrogens (tertiary/aromatic N) is 3. The summed E-state index contributed by atoms with van der Waals surface area (Å²) in [5.41, 5.74) is 0.190. The number of nitrogens with one attached hydrogen (secondary N) is 1. The van der Waals surface area contributed by atoms with Crippen LogP contribution in [0.25, 0.3) is 0 Å². The van der Waals surface area contributed by atoms with E-state index >= 15 is 0 Å². The number of hydrogen-bond acceptors (Lipinski definition) is 3. The van der Waals surface area contributed by atoms with Crippen LogP contribution in [0.15, 0.2) is 18.7 Å². The Labute approximate surface area is 129 Å². The second-order valence-corrected chi connectivity index (χ2v) is 7.13. The van der Waals surface area contributed by atoms with Crippen LogP contribution in [0.1, 0.15) is 32.1 Å². The lowest BCUT2D eigenvalue weighted by Crippen LogP contribution is -2.37. The molecular formula is C16H22N4O2.